The summed E-state index contributed by atoms with van der Waals surface area (Å²) < 4.78 is 65.4. The lowest BCUT2D eigenvalue weighted by Gasteiger charge is -2.19. The highest BCUT2D eigenvalue weighted by molar-refractivity contribution is 7.91. The molecule has 6 nitrogen and oxygen atoms in total. The van der Waals surface area contributed by atoms with E-state index >= 15 is 0 Å². The van der Waals surface area contributed by atoms with E-state index in [2.05, 4.69) is 15.1 Å². The molecule has 1 fully saturated rings. The summed E-state index contributed by atoms with van der Waals surface area (Å²) in [4.78, 5) is 7.51. The predicted molar refractivity (Wildman–Crippen MR) is 77.6 cm³/mol. The molecule has 0 radical (unpaired) electrons. The van der Waals surface area contributed by atoms with Gasteiger partial charge in [0.25, 0.3) is 0 Å². The van der Waals surface area contributed by atoms with E-state index in [1.165, 1.54) is 6.07 Å². The fraction of sp³-hybridized carbons (Fsp3) is 0.500. The van der Waals surface area contributed by atoms with Crippen molar-refractivity contribution in [3.05, 3.63) is 29.9 Å². The van der Waals surface area contributed by atoms with Crippen LogP contribution in [-0.4, -0.2) is 35.0 Å². The second kappa shape index (κ2) is 6.15. The Morgan fingerprint density at radius 1 is 1.21 bits per heavy atom. The van der Waals surface area contributed by atoms with Crippen molar-refractivity contribution in [3.8, 4) is 11.4 Å². The van der Waals surface area contributed by atoms with Crippen LogP contribution in [0.15, 0.2) is 22.9 Å². The van der Waals surface area contributed by atoms with Crippen LogP contribution in [0.5, 0.6) is 0 Å². The van der Waals surface area contributed by atoms with Crippen molar-refractivity contribution in [2.45, 2.75) is 25.4 Å². The zero-order valence-corrected chi connectivity index (χ0v) is 13.3. The first kappa shape index (κ1) is 16.9. The number of rotatable bonds is 3. The molecule has 0 aromatic carbocycles. The highest BCUT2D eigenvalue weighted by Crippen LogP contribution is 2.28. The second-order valence-electron chi connectivity index (χ2n) is 5.74. The number of nitrogens with zero attached hydrogens (tertiary/aromatic N) is 3. The highest BCUT2D eigenvalue weighted by atomic mass is 32.2. The van der Waals surface area contributed by atoms with E-state index in [0.29, 0.717) is 30.7 Å². The Balaban J connectivity index is 1.67. The van der Waals surface area contributed by atoms with Crippen molar-refractivity contribution in [1.82, 2.24) is 15.1 Å². The minimum atomic E-state index is -4.50. The predicted octanol–water partition coefficient (Wildman–Crippen LogP) is 2.52. The number of alkyl halides is 3. The average Bonchev–Trinajstić information content (AvgIpc) is 2.97. The molecule has 0 aliphatic carbocycles. The first-order valence-electron chi connectivity index (χ1n) is 7.29. The van der Waals surface area contributed by atoms with Crippen LogP contribution >= 0.6 is 0 Å². The molecule has 0 bridgehead atoms. The topological polar surface area (TPSA) is 86.0 Å². The number of hydrogen-bond donors (Lipinski definition) is 0. The van der Waals surface area contributed by atoms with Gasteiger partial charge in [0.2, 0.25) is 11.7 Å². The molecule has 2 aromatic rings. The lowest BCUT2D eigenvalue weighted by molar-refractivity contribution is -0.141. The van der Waals surface area contributed by atoms with Gasteiger partial charge >= 0.3 is 6.18 Å². The number of pyridine rings is 1. The van der Waals surface area contributed by atoms with Crippen LogP contribution in [0.2, 0.25) is 0 Å². The summed E-state index contributed by atoms with van der Waals surface area (Å²) in [5.41, 5.74) is -0.664. The minimum Gasteiger partial charge on any atom is -0.339 e. The zero-order chi connectivity index (χ0) is 17.4. The van der Waals surface area contributed by atoms with Crippen molar-refractivity contribution in [3.63, 3.8) is 0 Å². The van der Waals surface area contributed by atoms with Gasteiger partial charge in [0.1, 0.15) is 15.5 Å². The van der Waals surface area contributed by atoms with Crippen LogP contribution in [0.25, 0.3) is 11.4 Å². The summed E-state index contributed by atoms with van der Waals surface area (Å²) in [5, 5.41) is 3.75. The molecule has 3 heterocycles. The Morgan fingerprint density at radius 3 is 2.50 bits per heavy atom. The number of halogens is 3. The summed E-state index contributed by atoms with van der Waals surface area (Å²) in [6.07, 6.45) is -1.91. The Bertz CT molecular complexity index is 802. The molecule has 1 aliphatic heterocycles. The molecule has 130 valence electrons. The largest absolute Gasteiger partial charge is 0.433 e. The van der Waals surface area contributed by atoms with E-state index < -0.39 is 21.7 Å². The van der Waals surface area contributed by atoms with E-state index in [9.17, 15) is 21.6 Å². The third kappa shape index (κ3) is 3.92. The Kier molecular flexibility index (Phi) is 4.33. The summed E-state index contributed by atoms with van der Waals surface area (Å²) in [5.74, 6) is 0.958. The Labute approximate surface area is 136 Å². The van der Waals surface area contributed by atoms with Gasteiger partial charge in [-0.25, -0.2) is 8.42 Å². The number of aromatic nitrogens is 3. The monoisotopic (exact) mass is 361 g/mol. The molecule has 10 heteroatoms. The third-order valence-corrected chi connectivity index (χ3v) is 5.63. The quantitative estimate of drug-likeness (QED) is 0.835. The molecule has 1 saturated heterocycles. The lowest BCUT2D eigenvalue weighted by Crippen LogP contribution is -2.24. The van der Waals surface area contributed by atoms with E-state index in [1.54, 1.807) is 0 Å². The van der Waals surface area contributed by atoms with Gasteiger partial charge in [-0.3, -0.25) is 4.98 Å². The summed E-state index contributed by atoms with van der Waals surface area (Å²) in [7, 11) is -2.93. The highest BCUT2D eigenvalue weighted by Gasteiger charge is 2.32. The van der Waals surface area contributed by atoms with E-state index in [4.69, 9.17) is 4.52 Å². The summed E-state index contributed by atoms with van der Waals surface area (Å²) in [6, 6.07) is 2.09. The van der Waals surface area contributed by atoms with Crippen LogP contribution in [0.1, 0.15) is 24.4 Å². The summed E-state index contributed by atoms with van der Waals surface area (Å²) in [6.45, 7) is 0. The zero-order valence-electron chi connectivity index (χ0n) is 12.5. The third-order valence-electron chi connectivity index (χ3n) is 3.92. The van der Waals surface area contributed by atoms with Gasteiger partial charge < -0.3 is 4.52 Å². The van der Waals surface area contributed by atoms with Gasteiger partial charge in [-0.15, -0.1) is 0 Å². The molecule has 0 spiro atoms. The molecule has 0 N–H and O–H groups in total. The maximum Gasteiger partial charge on any atom is 0.433 e. The molecule has 0 atom stereocenters. The van der Waals surface area contributed by atoms with Crippen molar-refractivity contribution in [1.29, 1.82) is 0 Å². The normalized spacial score (nSPS) is 18.6. The molecule has 2 aromatic heterocycles. The van der Waals surface area contributed by atoms with Crippen molar-refractivity contribution in [2.24, 2.45) is 5.92 Å². The van der Waals surface area contributed by atoms with Gasteiger partial charge in [-0.1, -0.05) is 5.16 Å². The second-order valence-corrected chi connectivity index (χ2v) is 8.04. The average molecular weight is 361 g/mol. The fourth-order valence-corrected chi connectivity index (χ4v) is 4.13. The van der Waals surface area contributed by atoms with Gasteiger partial charge in [0, 0.05) is 18.2 Å². The molecular weight excluding hydrogens is 347 g/mol. The van der Waals surface area contributed by atoms with Crippen molar-refractivity contribution < 1.29 is 26.1 Å². The Hall–Kier alpha value is -1.97. The molecular formula is C14H14F3N3O3S. The molecule has 0 saturated carbocycles. The van der Waals surface area contributed by atoms with Gasteiger partial charge in [-0.2, -0.15) is 18.2 Å². The standard InChI is InChI=1S/C14H14F3N3O3S/c15-14(16,17)11-2-1-10(8-18-11)13-19-12(23-20-13)7-9-3-5-24(21,22)6-4-9/h1-2,8-9H,3-7H2. The fourth-order valence-electron chi connectivity index (χ4n) is 2.54. The van der Waals surface area contributed by atoms with E-state index in [-0.39, 0.29) is 23.2 Å². The van der Waals surface area contributed by atoms with Crippen molar-refractivity contribution >= 4 is 9.84 Å². The smallest absolute Gasteiger partial charge is 0.339 e. The van der Waals surface area contributed by atoms with Gasteiger partial charge in [-0.05, 0) is 30.9 Å². The van der Waals surface area contributed by atoms with E-state index in [0.717, 1.165) is 12.3 Å². The van der Waals surface area contributed by atoms with Crippen LogP contribution in [0, 0.1) is 5.92 Å². The first-order valence-corrected chi connectivity index (χ1v) is 9.12. The van der Waals surface area contributed by atoms with Crippen LogP contribution in [0.4, 0.5) is 13.2 Å². The number of hydrogen-bond acceptors (Lipinski definition) is 6. The number of sulfone groups is 1. The molecule has 0 amide bonds. The van der Waals surface area contributed by atoms with Crippen LogP contribution in [0.3, 0.4) is 0 Å². The molecule has 3 rings (SSSR count). The van der Waals surface area contributed by atoms with Crippen LogP contribution < -0.4 is 0 Å². The van der Waals surface area contributed by atoms with Gasteiger partial charge in [0.05, 0.1) is 11.5 Å². The maximum absolute atomic E-state index is 12.5. The lowest BCUT2D eigenvalue weighted by atomic mass is 9.99. The Morgan fingerprint density at radius 2 is 1.92 bits per heavy atom. The summed E-state index contributed by atoms with van der Waals surface area (Å²) >= 11 is 0. The molecule has 24 heavy (non-hydrogen) atoms. The molecule has 0 unspecified atom stereocenters. The van der Waals surface area contributed by atoms with Gasteiger partial charge in [0.15, 0.2) is 0 Å². The first-order chi connectivity index (χ1) is 11.2. The van der Waals surface area contributed by atoms with Crippen molar-refractivity contribution in [2.75, 3.05) is 11.5 Å². The van der Waals surface area contributed by atoms with E-state index in [1.807, 2.05) is 0 Å². The van der Waals surface area contributed by atoms with Crippen LogP contribution in [-0.2, 0) is 22.4 Å². The maximum atomic E-state index is 12.5. The molecule has 1 aliphatic rings. The SMILES string of the molecule is O=S1(=O)CCC(Cc2nc(-c3ccc(C(F)(F)F)nc3)no2)CC1. The minimum absolute atomic E-state index is 0.146.